The Morgan fingerprint density at radius 2 is 2.06 bits per heavy atom. The molecular weight excluding hydrogens is 248 g/mol. The molecule has 1 amide bonds. The number of rotatable bonds is 1. The summed E-state index contributed by atoms with van der Waals surface area (Å²) >= 11 is 5.72. The summed E-state index contributed by atoms with van der Waals surface area (Å²) in [5, 5.41) is 0.397. The molecule has 18 heavy (non-hydrogen) atoms. The minimum Gasteiger partial charge on any atom is -0.308 e. The van der Waals surface area contributed by atoms with Crippen LogP contribution in [0, 0.1) is 0 Å². The quantitative estimate of drug-likeness (QED) is 0.737. The van der Waals surface area contributed by atoms with E-state index in [0.717, 1.165) is 18.7 Å². The van der Waals surface area contributed by atoms with E-state index in [2.05, 4.69) is 11.1 Å². The van der Waals surface area contributed by atoms with Gasteiger partial charge in [-0.2, -0.15) is 0 Å². The van der Waals surface area contributed by atoms with Crippen LogP contribution < -0.4 is 4.90 Å². The molecule has 0 saturated carbocycles. The lowest BCUT2D eigenvalue weighted by atomic mass is 10.2. The molecule has 0 fully saturated rings. The van der Waals surface area contributed by atoms with Crippen molar-refractivity contribution in [3.8, 4) is 0 Å². The number of hydrogen-bond donors (Lipinski definition) is 0. The van der Waals surface area contributed by atoms with E-state index in [-0.39, 0.29) is 5.91 Å². The van der Waals surface area contributed by atoms with Crippen LogP contribution in [0.3, 0.4) is 0 Å². The minimum atomic E-state index is -0.0240. The SMILES string of the molecule is O=C(c1ccc(Cl)nc1)N1CCc2ccccc21. The number of hydrogen-bond acceptors (Lipinski definition) is 2. The van der Waals surface area contributed by atoms with Crippen molar-refractivity contribution in [1.82, 2.24) is 4.98 Å². The smallest absolute Gasteiger partial charge is 0.259 e. The number of nitrogens with zero attached hydrogens (tertiary/aromatic N) is 2. The maximum atomic E-state index is 12.4. The molecule has 90 valence electrons. The van der Waals surface area contributed by atoms with Crippen molar-refractivity contribution in [3.63, 3.8) is 0 Å². The van der Waals surface area contributed by atoms with Crippen LogP contribution >= 0.6 is 11.6 Å². The number of carbonyl (C=O) groups excluding carboxylic acids is 1. The van der Waals surface area contributed by atoms with Gasteiger partial charge in [0, 0.05) is 18.4 Å². The maximum Gasteiger partial charge on any atom is 0.259 e. The molecule has 0 spiro atoms. The van der Waals surface area contributed by atoms with E-state index in [0.29, 0.717) is 10.7 Å². The molecule has 0 N–H and O–H groups in total. The van der Waals surface area contributed by atoms with E-state index < -0.39 is 0 Å². The topological polar surface area (TPSA) is 33.2 Å². The van der Waals surface area contributed by atoms with Gasteiger partial charge < -0.3 is 4.90 Å². The van der Waals surface area contributed by atoms with Crippen molar-refractivity contribution in [2.24, 2.45) is 0 Å². The highest BCUT2D eigenvalue weighted by Gasteiger charge is 2.25. The van der Waals surface area contributed by atoms with Gasteiger partial charge in [-0.25, -0.2) is 4.98 Å². The Morgan fingerprint density at radius 1 is 1.22 bits per heavy atom. The van der Waals surface area contributed by atoms with E-state index >= 15 is 0 Å². The number of carbonyl (C=O) groups is 1. The average Bonchev–Trinajstić information content (AvgIpc) is 2.82. The number of anilines is 1. The van der Waals surface area contributed by atoms with Gasteiger partial charge >= 0.3 is 0 Å². The van der Waals surface area contributed by atoms with E-state index in [1.807, 2.05) is 18.2 Å². The van der Waals surface area contributed by atoms with Crippen molar-refractivity contribution in [2.45, 2.75) is 6.42 Å². The van der Waals surface area contributed by atoms with Crippen LogP contribution in [-0.2, 0) is 6.42 Å². The number of pyridine rings is 1. The molecule has 0 aliphatic carbocycles. The molecule has 1 aromatic heterocycles. The zero-order chi connectivity index (χ0) is 12.5. The van der Waals surface area contributed by atoms with Crippen molar-refractivity contribution >= 4 is 23.2 Å². The van der Waals surface area contributed by atoms with Crippen molar-refractivity contribution in [1.29, 1.82) is 0 Å². The standard InChI is InChI=1S/C14H11ClN2O/c15-13-6-5-11(9-16-13)14(18)17-8-7-10-3-1-2-4-12(10)17/h1-6,9H,7-8H2. The Kier molecular flexibility index (Phi) is 2.76. The highest BCUT2D eigenvalue weighted by molar-refractivity contribution is 6.29. The Balaban J connectivity index is 1.93. The fourth-order valence-corrected chi connectivity index (χ4v) is 2.32. The Bertz CT molecular complexity index is 595. The third kappa shape index (κ3) is 1.87. The maximum absolute atomic E-state index is 12.4. The van der Waals surface area contributed by atoms with E-state index in [1.165, 1.54) is 11.8 Å². The molecule has 0 bridgehead atoms. The van der Waals surface area contributed by atoms with Gasteiger partial charge in [0.2, 0.25) is 0 Å². The summed E-state index contributed by atoms with van der Waals surface area (Å²) in [5.41, 5.74) is 2.78. The van der Waals surface area contributed by atoms with Crippen LogP contribution in [0.5, 0.6) is 0 Å². The number of fused-ring (bicyclic) bond motifs is 1. The van der Waals surface area contributed by atoms with Crippen molar-refractivity contribution in [2.75, 3.05) is 11.4 Å². The average molecular weight is 259 g/mol. The van der Waals surface area contributed by atoms with E-state index in [1.54, 1.807) is 17.0 Å². The highest BCUT2D eigenvalue weighted by Crippen LogP contribution is 2.28. The first kappa shape index (κ1) is 11.2. The second-order valence-corrected chi connectivity index (χ2v) is 4.59. The molecule has 0 radical (unpaired) electrons. The summed E-state index contributed by atoms with van der Waals surface area (Å²) in [6, 6.07) is 11.3. The lowest BCUT2D eigenvalue weighted by Crippen LogP contribution is -2.28. The molecule has 3 rings (SSSR count). The lowest BCUT2D eigenvalue weighted by Gasteiger charge is -2.17. The summed E-state index contributed by atoms with van der Waals surface area (Å²) in [6.07, 6.45) is 2.43. The van der Waals surface area contributed by atoms with Crippen LogP contribution in [0.25, 0.3) is 0 Å². The normalized spacial score (nSPS) is 13.5. The zero-order valence-corrected chi connectivity index (χ0v) is 10.4. The van der Waals surface area contributed by atoms with Crippen molar-refractivity contribution < 1.29 is 4.79 Å². The molecular formula is C14H11ClN2O. The Labute approximate surface area is 110 Å². The fraction of sp³-hybridized carbons (Fsp3) is 0.143. The fourth-order valence-electron chi connectivity index (χ4n) is 2.21. The second kappa shape index (κ2) is 4.42. The molecule has 1 aliphatic rings. The molecule has 2 heterocycles. The van der Waals surface area contributed by atoms with Crippen LogP contribution in [0.15, 0.2) is 42.6 Å². The molecule has 0 saturated heterocycles. The lowest BCUT2D eigenvalue weighted by molar-refractivity contribution is 0.0989. The summed E-state index contributed by atoms with van der Waals surface area (Å²) in [4.78, 5) is 18.1. The van der Waals surface area contributed by atoms with Gasteiger partial charge in [-0.3, -0.25) is 4.79 Å². The molecule has 1 aromatic carbocycles. The van der Waals surface area contributed by atoms with Crippen LogP contribution in [0.1, 0.15) is 15.9 Å². The third-order valence-corrected chi connectivity index (χ3v) is 3.33. The third-order valence-electron chi connectivity index (χ3n) is 3.11. The molecule has 0 unspecified atom stereocenters. The number of para-hydroxylation sites is 1. The van der Waals surface area contributed by atoms with Crippen LogP contribution in [0.4, 0.5) is 5.69 Å². The largest absolute Gasteiger partial charge is 0.308 e. The van der Waals surface area contributed by atoms with Gasteiger partial charge in [0.25, 0.3) is 5.91 Å². The summed E-state index contributed by atoms with van der Waals surface area (Å²) in [5.74, 6) is -0.0240. The number of aromatic nitrogens is 1. The predicted molar refractivity (Wildman–Crippen MR) is 71.1 cm³/mol. The van der Waals surface area contributed by atoms with Crippen LogP contribution in [-0.4, -0.2) is 17.4 Å². The minimum absolute atomic E-state index is 0.0240. The monoisotopic (exact) mass is 258 g/mol. The summed E-state index contributed by atoms with van der Waals surface area (Å²) in [7, 11) is 0. The Hall–Kier alpha value is -1.87. The van der Waals surface area contributed by atoms with E-state index in [4.69, 9.17) is 11.6 Å². The second-order valence-electron chi connectivity index (χ2n) is 4.21. The zero-order valence-electron chi connectivity index (χ0n) is 9.64. The van der Waals surface area contributed by atoms with Gasteiger partial charge in [0.1, 0.15) is 5.15 Å². The number of halogens is 1. The molecule has 4 heteroatoms. The van der Waals surface area contributed by atoms with Gasteiger partial charge in [0.15, 0.2) is 0 Å². The summed E-state index contributed by atoms with van der Waals surface area (Å²) < 4.78 is 0. The van der Waals surface area contributed by atoms with E-state index in [9.17, 15) is 4.79 Å². The molecule has 3 nitrogen and oxygen atoms in total. The first-order valence-electron chi connectivity index (χ1n) is 5.77. The molecule has 2 aromatic rings. The number of amides is 1. The van der Waals surface area contributed by atoms with Gasteiger partial charge in [-0.15, -0.1) is 0 Å². The predicted octanol–water partition coefficient (Wildman–Crippen LogP) is 2.94. The summed E-state index contributed by atoms with van der Waals surface area (Å²) in [6.45, 7) is 0.723. The first-order valence-corrected chi connectivity index (χ1v) is 6.15. The Morgan fingerprint density at radius 3 is 2.83 bits per heavy atom. The van der Waals surface area contributed by atoms with Gasteiger partial charge in [-0.1, -0.05) is 29.8 Å². The van der Waals surface area contributed by atoms with Gasteiger partial charge in [-0.05, 0) is 30.2 Å². The highest BCUT2D eigenvalue weighted by atomic mass is 35.5. The van der Waals surface area contributed by atoms with Crippen molar-refractivity contribution in [3.05, 3.63) is 58.9 Å². The molecule has 1 aliphatic heterocycles. The molecule has 0 atom stereocenters. The van der Waals surface area contributed by atoms with Crippen LogP contribution in [0.2, 0.25) is 5.15 Å². The number of benzene rings is 1. The van der Waals surface area contributed by atoms with Gasteiger partial charge in [0.05, 0.1) is 5.56 Å². The first-order chi connectivity index (χ1) is 8.75.